The van der Waals surface area contributed by atoms with Gasteiger partial charge in [-0.05, 0) is 55.7 Å². The van der Waals surface area contributed by atoms with Crippen molar-refractivity contribution in [1.82, 2.24) is 4.90 Å². The zero-order valence-corrected chi connectivity index (χ0v) is 14.3. The molecule has 5 nitrogen and oxygen atoms in total. The van der Waals surface area contributed by atoms with Crippen LogP contribution in [-0.2, 0) is 4.79 Å². The molecule has 0 spiro atoms. The number of carbonyl (C=O) groups is 1. The van der Waals surface area contributed by atoms with Crippen molar-refractivity contribution in [1.29, 1.82) is 0 Å². The van der Waals surface area contributed by atoms with Gasteiger partial charge in [0.1, 0.15) is 17.2 Å². The molecule has 1 atom stereocenters. The van der Waals surface area contributed by atoms with Crippen molar-refractivity contribution in [3.05, 3.63) is 54.6 Å². The lowest BCUT2D eigenvalue weighted by Crippen LogP contribution is -2.35. The van der Waals surface area contributed by atoms with Crippen molar-refractivity contribution in [2.75, 3.05) is 13.1 Å². The molecule has 0 radical (unpaired) electrons. The third-order valence-corrected chi connectivity index (χ3v) is 4.25. The highest BCUT2D eigenvalue weighted by Crippen LogP contribution is 2.26. The lowest BCUT2D eigenvalue weighted by molar-refractivity contribution is -0.118. The second kappa shape index (κ2) is 8.53. The van der Waals surface area contributed by atoms with Crippen LogP contribution in [0.5, 0.6) is 17.2 Å². The summed E-state index contributed by atoms with van der Waals surface area (Å²) in [5, 5.41) is 0. The second-order valence-electron chi connectivity index (χ2n) is 6.21. The highest BCUT2D eigenvalue weighted by Gasteiger charge is 2.25. The Morgan fingerprint density at radius 3 is 2.44 bits per heavy atom. The molecule has 2 aromatic rings. The summed E-state index contributed by atoms with van der Waals surface area (Å²) in [5.74, 6) is 2.17. The first kappa shape index (κ1) is 17.3. The Kier molecular flexibility index (Phi) is 5.90. The van der Waals surface area contributed by atoms with Crippen LogP contribution in [0.4, 0.5) is 0 Å². The molecule has 1 aliphatic heterocycles. The van der Waals surface area contributed by atoms with Crippen LogP contribution >= 0.6 is 0 Å². The molecule has 0 unspecified atom stereocenters. The van der Waals surface area contributed by atoms with Gasteiger partial charge in [-0.1, -0.05) is 18.2 Å². The maximum atomic E-state index is 10.9. The maximum absolute atomic E-state index is 10.9. The first-order chi connectivity index (χ1) is 12.2. The minimum atomic E-state index is -0.245. The van der Waals surface area contributed by atoms with Gasteiger partial charge in [0, 0.05) is 19.5 Å². The standard InChI is InChI=1S/C20H24N2O3/c21-19(23)8-4-14-22-15-5-9-20(22)25-18-12-10-17(11-13-18)24-16-6-2-1-3-7-16/h1-3,6-7,10-13,20H,4-5,8-9,14-15H2,(H2,21,23)/t20-/m0/s1. The normalized spacial score (nSPS) is 17.4. The van der Waals surface area contributed by atoms with Gasteiger partial charge in [0.2, 0.25) is 5.91 Å². The van der Waals surface area contributed by atoms with E-state index in [0.29, 0.717) is 6.42 Å². The van der Waals surface area contributed by atoms with Crippen LogP contribution in [0.2, 0.25) is 0 Å². The average Bonchev–Trinajstić information content (AvgIpc) is 3.04. The largest absolute Gasteiger partial charge is 0.475 e. The number of nitrogens with two attached hydrogens (primary N) is 1. The Morgan fingerprint density at radius 1 is 1.04 bits per heavy atom. The quantitative estimate of drug-likeness (QED) is 0.798. The highest BCUT2D eigenvalue weighted by atomic mass is 16.5. The molecule has 3 rings (SSSR count). The number of rotatable bonds is 8. The van der Waals surface area contributed by atoms with E-state index >= 15 is 0 Å². The van der Waals surface area contributed by atoms with Crippen LogP contribution in [0.25, 0.3) is 0 Å². The van der Waals surface area contributed by atoms with Crippen LogP contribution < -0.4 is 15.2 Å². The van der Waals surface area contributed by atoms with Crippen LogP contribution in [0.3, 0.4) is 0 Å². The number of ether oxygens (including phenoxy) is 2. The highest BCUT2D eigenvalue weighted by molar-refractivity contribution is 5.73. The SMILES string of the molecule is NC(=O)CCCN1CCC[C@@H]1Oc1ccc(Oc2ccccc2)cc1. The summed E-state index contributed by atoms with van der Waals surface area (Å²) in [5.41, 5.74) is 5.20. The molecule has 25 heavy (non-hydrogen) atoms. The van der Waals surface area contributed by atoms with Crippen molar-refractivity contribution in [2.45, 2.75) is 31.9 Å². The Hall–Kier alpha value is -2.53. The van der Waals surface area contributed by atoms with Gasteiger partial charge < -0.3 is 15.2 Å². The third kappa shape index (κ3) is 5.22. The molecule has 2 aromatic carbocycles. The van der Waals surface area contributed by atoms with Gasteiger partial charge in [0.15, 0.2) is 6.23 Å². The van der Waals surface area contributed by atoms with Gasteiger partial charge in [-0.3, -0.25) is 9.69 Å². The second-order valence-corrected chi connectivity index (χ2v) is 6.21. The Labute approximate surface area is 148 Å². The zero-order chi connectivity index (χ0) is 17.5. The van der Waals surface area contributed by atoms with E-state index < -0.39 is 0 Å². The number of benzene rings is 2. The molecule has 0 bridgehead atoms. The van der Waals surface area contributed by atoms with Gasteiger partial charge in [-0.15, -0.1) is 0 Å². The summed E-state index contributed by atoms with van der Waals surface area (Å²) in [6.07, 6.45) is 3.37. The van der Waals surface area contributed by atoms with Gasteiger partial charge in [-0.25, -0.2) is 0 Å². The van der Waals surface area contributed by atoms with E-state index in [1.54, 1.807) is 0 Å². The first-order valence-corrected chi connectivity index (χ1v) is 8.73. The summed E-state index contributed by atoms with van der Waals surface area (Å²) >= 11 is 0. The third-order valence-electron chi connectivity index (χ3n) is 4.25. The molecule has 1 fully saturated rings. The topological polar surface area (TPSA) is 64.8 Å². The van der Waals surface area contributed by atoms with Crippen LogP contribution in [-0.4, -0.2) is 30.1 Å². The van der Waals surface area contributed by atoms with Crippen LogP contribution in [0.15, 0.2) is 54.6 Å². The first-order valence-electron chi connectivity index (χ1n) is 8.73. The van der Waals surface area contributed by atoms with E-state index in [1.165, 1.54) is 0 Å². The van der Waals surface area contributed by atoms with Crippen molar-refractivity contribution in [3.63, 3.8) is 0 Å². The van der Waals surface area contributed by atoms with Gasteiger partial charge in [0.25, 0.3) is 0 Å². The minimum Gasteiger partial charge on any atom is -0.475 e. The molecule has 0 aromatic heterocycles. The Bertz CT molecular complexity index is 673. The molecule has 132 valence electrons. The molecule has 0 aliphatic carbocycles. The summed E-state index contributed by atoms with van der Waals surface area (Å²) < 4.78 is 11.9. The molecule has 1 saturated heterocycles. The number of carbonyl (C=O) groups excluding carboxylic acids is 1. The van der Waals surface area contributed by atoms with E-state index in [-0.39, 0.29) is 12.1 Å². The molecular weight excluding hydrogens is 316 g/mol. The zero-order valence-electron chi connectivity index (χ0n) is 14.3. The molecular formula is C20H24N2O3. The van der Waals surface area contributed by atoms with Crippen molar-refractivity contribution in [3.8, 4) is 17.2 Å². The number of hydrogen-bond donors (Lipinski definition) is 1. The van der Waals surface area contributed by atoms with Crippen LogP contribution in [0.1, 0.15) is 25.7 Å². The molecule has 5 heteroatoms. The van der Waals surface area contributed by atoms with Crippen molar-refractivity contribution in [2.24, 2.45) is 5.73 Å². The van der Waals surface area contributed by atoms with E-state index in [9.17, 15) is 4.79 Å². The molecule has 0 saturated carbocycles. The van der Waals surface area contributed by atoms with E-state index in [1.807, 2.05) is 54.6 Å². The summed E-state index contributed by atoms with van der Waals surface area (Å²) in [6.45, 7) is 1.83. The van der Waals surface area contributed by atoms with Gasteiger partial charge in [0.05, 0.1) is 0 Å². The number of nitrogens with zero attached hydrogens (tertiary/aromatic N) is 1. The molecule has 1 aliphatic rings. The van der Waals surface area contributed by atoms with Crippen molar-refractivity contribution < 1.29 is 14.3 Å². The number of hydrogen-bond acceptors (Lipinski definition) is 4. The Morgan fingerprint density at radius 2 is 1.72 bits per heavy atom. The molecule has 1 heterocycles. The maximum Gasteiger partial charge on any atom is 0.217 e. The number of likely N-dealkylation sites (tertiary alicyclic amines) is 1. The minimum absolute atomic E-state index is 0.0637. The lowest BCUT2D eigenvalue weighted by Gasteiger charge is -2.25. The summed E-state index contributed by atoms with van der Waals surface area (Å²) in [4.78, 5) is 13.1. The van der Waals surface area contributed by atoms with E-state index in [4.69, 9.17) is 15.2 Å². The van der Waals surface area contributed by atoms with Crippen molar-refractivity contribution >= 4 is 5.91 Å². The van der Waals surface area contributed by atoms with E-state index in [2.05, 4.69) is 4.90 Å². The van der Waals surface area contributed by atoms with E-state index in [0.717, 1.165) is 49.6 Å². The van der Waals surface area contributed by atoms with Crippen LogP contribution in [0, 0.1) is 0 Å². The smallest absolute Gasteiger partial charge is 0.217 e. The number of amides is 1. The number of para-hydroxylation sites is 1. The fourth-order valence-corrected chi connectivity index (χ4v) is 3.01. The monoisotopic (exact) mass is 340 g/mol. The summed E-state index contributed by atoms with van der Waals surface area (Å²) in [6, 6.07) is 17.4. The van der Waals surface area contributed by atoms with Gasteiger partial charge >= 0.3 is 0 Å². The molecule has 1 amide bonds. The Balaban J connectivity index is 1.52. The average molecular weight is 340 g/mol. The fourth-order valence-electron chi connectivity index (χ4n) is 3.01. The van der Waals surface area contributed by atoms with Gasteiger partial charge in [-0.2, -0.15) is 0 Å². The predicted molar refractivity (Wildman–Crippen MR) is 96.6 cm³/mol. The predicted octanol–water partition coefficient (Wildman–Crippen LogP) is 3.55. The lowest BCUT2D eigenvalue weighted by atomic mass is 10.3. The number of primary amides is 1. The summed E-state index contributed by atoms with van der Waals surface area (Å²) in [7, 11) is 0. The molecule has 2 N–H and O–H groups in total. The fraction of sp³-hybridized carbons (Fsp3) is 0.350.